The monoisotopic (exact) mass is 143 g/mol. The minimum absolute atomic E-state index is 0.870. The van der Waals surface area contributed by atoms with E-state index in [2.05, 4.69) is 18.3 Å². The van der Waals surface area contributed by atoms with Gasteiger partial charge in [0.2, 0.25) is 0 Å². The highest BCUT2D eigenvalue weighted by Crippen LogP contribution is 1.95. The van der Waals surface area contributed by atoms with Crippen LogP contribution in [0, 0.1) is 18.3 Å². The van der Waals surface area contributed by atoms with Crippen LogP contribution in [0.25, 0.3) is 0 Å². The largest absolute Gasteiger partial charge is 0.0976 e. The van der Waals surface area contributed by atoms with Crippen LogP contribution >= 0.6 is 0 Å². The van der Waals surface area contributed by atoms with Crippen molar-refractivity contribution in [2.45, 2.75) is 13.3 Å². The van der Waals surface area contributed by atoms with Gasteiger partial charge in [-0.3, -0.25) is 0 Å². The van der Waals surface area contributed by atoms with Gasteiger partial charge in [-0.15, -0.1) is 0 Å². The molecule has 55 valence electrons. The number of hydrogen-bond acceptors (Lipinski definition) is 0. The third-order valence-electron chi connectivity index (χ3n) is 1.31. The number of benzene rings is 1. The fraction of sp³-hybridized carbons (Fsp3) is 0.182. The Kier molecular flexibility index (Phi) is 3.28. The van der Waals surface area contributed by atoms with Gasteiger partial charge < -0.3 is 0 Å². The van der Waals surface area contributed by atoms with E-state index >= 15 is 0 Å². The summed E-state index contributed by atoms with van der Waals surface area (Å²) >= 11 is 0. The molecule has 0 aliphatic heterocycles. The maximum absolute atomic E-state index is 3.06. The zero-order chi connectivity index (χ0) is 7.94. The zero-order valence-electron chi connectivity index (χ0n) is 6.67. The van der Waals surface area contributed by atoms with Gasteiger partial charge in [0.1, 0.15) is 0 Å². The molecule has 0 amide bonds. The van der Waals surface area contributed by atoms with Gasteiger partial charge >= 0.3 is 0 Å². The quantitative estimate of drug-likeness (QED) is 0.530. The van der Waals surface area contributed by atoms with E-state index in [0.29, 0.717) is 0 Å². The van der Waals surface area contributed by atoms with Crippen LogP contribution in [-0.2, 0) is 0 Å². The summed E-state index contributed by atoms with van der Waals surface area (Å²) in [5.41, 5.74) is 1.09. The van der Waals surface area contributed by atoms with Crippen molar-refractivity contribution in [3.63, 3.8) is 0 Å². The first-order chi connectivity index (χ1) is 5.43. The average molecular weight is 143 g/mol. The Morgan fingerprint density at radius 3 is 2.64 bits per heavy atom. The topological polar surface area (TPSA) is 0 Å². The Hall–Kier alpha value is -1.22. The first-order valence-corrected chi connectivity index (χ1v) is 3.75. The van der Waals surface area contributed by atoms with Crippen molar-refractivity contribution in [3.8, 4) is 11.8 Å². The van der Waals surface area contributed by atoms with E-state index in [0.717, 1.165) is 12.0 Å². The van der Waals surface area contributed by atoms with Crippen molar-refractivity contribution < 1.29 is 0 Å². The summed E-state index contributed by atoms with van der Waals surface area (Å²) in [6, 6.07) is 10.0. The molecule has 0 aliphatic rings. The Labute approximate surface area is 68.3 Å². The van der Waals surface area contributed by atoms with Crippen LogP contribution in [0.4, 0.5) is 0 Å². The van der Waals surface area contributed by atoms with Gasteiger partial charge in [0.05, 0.1) is 0 Å². The molecule has 0 atom stereocenters. The van der Waals surface area contributed by atoms with Crippen LogP contribution in [-0.4, -0.2) is 0 Å². The molecule has 0 spiro atoms. The molecule has 0 heterocycles. The lowest BCUT2D eigenvalue weighted by molar-refractivity contribution is 1.26. The molecule has 11 heavy (non-hydrogen) atoms. The first kappa shape index (κ1) is 7.88. The van der Waals surface area contributed by atoms with Crippen LogP contribution in [0.1, 0.15) is 18.9 Å². The van der Waals surface area contributed by atoms with Crippen molar-refractivity contribution >= 4 is 0 Å². The molecule has 0 aliphatic carbocycles. The Morgan fingerprint density at radius 2 is 2.00 bits per heavy atom. The molecule has 1 aromatic rings. The van der Waals surface area contributed by atoms with Gasteiger partial charge in [-0.25, -0.2) is 0 Å². The highest BCUT2D eigenvalue weighted by molar-refractivity contribution is 5.33. The predicted octanol–water partition coefficient (Wildman–Crippen LogP) is 2.65. The summed E-state index contributed by atoms with van der Waals surface area (Å²) in [6.07, 6.45) is 2.92. The number of unbranched alkanes of at least 4 members (excludes halogenated alkanes) is 1. The lowest BCUT2D eigenvalue weighted by atomic mass is 10.2. The fourth-order valence-electron chi connectivity index (χ4n) is 0.777. The normalized spacial score (nSPS) is 8.45. The lowest BCUT2D eigenvalue weighted by Crippen LogP contribution is -1.70. The molecule has 0 nitrogen and oxygen atoms in total. The van der Waals surface area contributed by atoms with E-state index in [1.807, 2.05) is 37.3 Å². The summed E-state index contributed by atoms with van der Waals surface area (Å²) in [6.45, 7) is 2.01. The van der Waals surface area contributed by atoms with Crippen LogP contribution in [0.15, 0.2) is 30.3 Å². The molecule has 1 rings (SSSR count). The van der Waals surface area contributed by atoms with Gasteiger partial charge in [0.15, 0.2) is 0 Å². The molecule has 0 bridgehead atoms. The smallest absolute Gasteiger partial charge is 0.0245 e. The summed E-state index contributed by atoms with van der Waals surface area (Å²) in [7, 11) is 0. The molecule has 1 aromatic carbocycles. The van der Waals surface area contributed by atoms with Gasteiger partial charge in [-0.2, -0.15) is 0 Å². The van der Waals surface area contributed by atoms with Crippen LogP contribution in [0.3, 0.4) is 0 Å². The van der Waals surface area contributed by atoms with E-state index in [1.54, 1.807) is 0 Å². The second-order valence-corrected chi connectivity index (χ2v) is 2.28. The van der Waals surface area contributed by atoms with E-state index in [9.17, 15) is 0 Å². The molecule has 0 saturated carbocycles. The first-order valence-electron chi connectivity index (χ1n) is 3.75. The third kappa shape index (κ3) is 2.91. The third-order valence-corrected chi connectivity index (χ3v) is 1.31. The van der Waals surface area contributed by atoms with E-state index < -0.39 is 0 Å². The Bertz CT molecular complexity index is 248. The molecule has 0 saturated heterocycles. The minimum atomic E-state index is 0.870. The van der Waals surface area contributed by atoms with E-state index in [-0.39, 0.29) is 0 Å². The fourth-order valence-corrected chi connectivity index (χ4v) is 0.777. The standard InChI is InChI=1S/C11H11/c1-2-3-5-8-11-9-6-4-7-10-11/h2,4,6-7,9-10H,3H2,1H3. The van der Waals surface area contributed by atoms with Crippen LogP contribution < -0.4 is 0 Å². The van der Waals surface area contributed by atoms with Gasteiger partial charge in [0.25, 0.3) is 0 Å². The second-order valence-electron chi connectivity index (χ2n) is 2.28. The minimum Gasteiger partial charge on any atom is -0.0976 e. The summed E-state index contributed by atoms with van der Waals surface area (Å²) in [5.74, 6) is 6.11. The number of hydrogen-bond donors (Lipinski definition) is 0. The van der Waals surface area contributed by atoms with Crippen molar-refractivity contribution in [1.29, 1.82) is 0 Å². The predicted molar refractivity (Wildman–Crippen MR) is 47.9 cm³/mol. The number of rotatable bonds is 1. The van der Waals surface area contributed by atoms with Crippen LogP contribution in [0.5, 0.6) is 0 Å². The molecular formula is C11H11. The Morgan fingerprint density at radius 1 is 1.27 bits per heavy atom. The maximum Gasteiger partial charge on any atom is 0.0245 e. The van der Waals surface area contributed by atoms with Gasteiger partial charge in [-0.1, -0.05) is 37.0 Å². The lowest BCUT2D eigenvalue weighted by Gasteiger charge is -1.85. The summed E-state index contributed by atoms with van der Waals surface area (Å²) in [5, 5.41) is 0. The van der Waals surface area contributed by atoms with E-state index in [4.69, 9.17) is 0 Å². The molecule has 0 unspecified atom stereocenters. The van der Waals surface area contributed by atoms with Crippen molar-refractivity contribution in [1.82, 2.24) is 0 Å². The second kappa shape index (κ2) is 4.57. The van der Waals surface area contributed by atoms with E-state index in [1.165, 1.54) is 0 Å². The Balaban J connectivity index is 2.59. The van der Waals surface area contributed by atoms with Gasteiger partial charge in [0, 0.05) is 12.0 Å². The SMILES string of the molecule is C[CH]CC#Cc1ccccc1. The molecule has 1 radical (unpaired) electrons. The molecule has 0 heteroatoms. The van der Waals surface area contributed by atoms with Crippen molar-refractivity contribution in [2.24, 2.45) is 0 Å². The molecular weight excluding hydrogens is 132 g/mol. The zero-order valence-corrected chi connectivity index (χ0v) is 6.67. The molecule has 0 fully saturated rings. The molecule has 0 N–H and O–H groups in total. The van der Waals surface area contributed by atoms with Gasteiger partial charge in [-0.05, 0) is 18.6 Å². The van der Waals surface area contributed by atoms with Crippen molar-refractivity contribution in [3.05, 3.63) is 42.3 Å². The summed E-state index contributed by atoms with van der Waals surface area (Å²) in [4.78, 5) is 0. The molecule has 0 aromatic heterocycles. The highest BCUT2D eigenvalue weighted by atomic mass is 13.8. The maximum atomic E-state index is 3.06. The van der Waals surface area contributed by atoms with Crippen molar-refractivity contribution in [2.75, 3.05) is 0 Å². The summed E-state index contributed by atoms with van der Waals surface area (Å²) < 4.78 is 0. The van der Waals surface area contributed by atoms with Crippen LogP contribution in [0.2, 0.25) is 0 Å². The highest BCUT2D eigenvalue weighted by Gasteiger charge is 1.79. The average Bonchev–Trinajstić information content (AvgIpc) is 2.07.